The van der Waals surface area contributed by atoms with Gasteiger partial charge in [0.05, 0.1) is 17.5 Å². The lowest BCUT2D eigenvalue weighted by Crippen LogP contribution is -2.53. The minimum absolute atomic E-state index is 0.555. The number of aliphatic hydroxyl groups is 1. The fraction of sp³-hybridized carbons (Fsp3) is 0.429. The molecule has 0 aliphatic rings. The first kappa shape index (κ1) is 14.1. The number of fused-ring (bicyclic) bond motifs is 1. The smallest absolute Gasteiger partial charge is 0.465 e. The molecule has 0 aliphatic carbocycles. The topological polar surface area (TPSA) is 62.8 Å². The van der Waals surface area contributed by atoms with Crippen LogP contribution < -0.4 is 5.46 Å². The fourth-order valence-electron chi connectivity index (χ4n) is 1.70. The lowest BCUT2D eigenvalue weighted by Gasteiger charge is -2.38. The van der Waals surface area contributed by atoms with Crippen LogP contribution in [0, 0.1) is 0 Å². The Hall–Kier alpha value is -1.30. The minimum Gasteiger partial charge on any atom is -0.465 e. The normalized spacial score (nSPS) is 12.9. The third-order valence-corrected chi connectivity index (χ3v) is 3.66. The van der Waals surface area contributed by atoms with E-state index in [9.17, 15) is 10.1 Å². The summed E-state index contributed by atoms with van der Waals surface area (Å²) < 4.78 is 11.0. The zero-order chi connectivity index (χ0) is 14.3. The van der Waals surface area contributed by atoms with Crippen molar-refractivity contribution in [1.82, 2.24) is 0 Å². The number of hydrogen-bond acceptors (Lipinski definition) is 4. The van der Waals surface area contributed by atoms with Gasteiger partial charge in [0.25, 0.3) is 0 Å². The molecule has 0 radical (unpaired) electrons. The molecule has 0 saturated heterocycles. The van der Waals surface area contributed by atoms with Crippen LogP contribution in [0.3, 0.4) is 0 Å². The predicted octanol–water partition coefficient (Wildman–Crippen LogP) is 1.69. The van der Waals surface area contributed by atoms with Crippen LogP contribution in [0.2, 0.25) is 0 Å². The summed E-state index contributed by atoms with van der Waals surface area (Å²) in [5.74, 6) is 0. The zero-order valence-electron chi connectivity index (χ0n) is 11.7. The highest BCUT2D eigenvalue weighted by atomic mass is 16.5. The van der Waals surface area contributed by atoms with E-state index in [1.807, 2.05) is 18.2 Å². The second-order valence-corrected chi connectivity index (χ2v) is 5.73. The molecule has 4 nitrogen and oxygen atoms in total. The van der Waals surface area contributed by atoms with Crippen LogP contribution in [-0.4, -0.2) is 28.5 Å². The maximum atomic E-state index is 10.2. The average molecular weight is 262 g/mol. The van der Waals surface area contributed by atoms with Crippen molar-refractivity contribution in [2.75, 3.05) is 0 Å². The molecule has 0 unspecified atom stereocenters. The molecule has 0 spiro atoms. The molecule has 0 fully saturated rings. The molecule has 0 atom stereocenters. The Morgan fingerprint density at radius 3 is 2.47 bits per heavy atom. The monoisotopic (exact) mass is 262 g/mol. The van der Waals surface area contributed by atoms with E-state index in [0.29, 0.717) is 11.0 Å². The standard InChI is InChI=1S/C14H19BO4/c1-13(2,16)14(3,4)19-15(17)11-7-5-6-10-8-9-18-12(10)11/h5-9,16-17H,1-4H3. The second-order valence-electron chi connectivity index (χ2n) is 5.73. The van der Waals surface area contributed by atoms with E-state index in [-0.39, 0.29) is 0 Å². The summed E-state index contributed by atoms with van der Waals surface area (Å²) in [5.41, 5.74) is -0.826. The van der Waals surface area contributed by atoms with Gasteiger partial charge in [-0.2, -0.15) is 0 Å². The molecule has 5 heteroatoms. The summed E-state index contributed by atoms with van der Waals surface area (Å²) in [6, 6.07) is 7.30. The molecule has 2 rings (SSSR count). The van der Waals surface area contributed by atoms with Gasteiger partial charge in [-0.05, 0) is 33.8 Å². The average Bonchev–Trinajstić information content (AvgIpc) is 2.73. The Bertz CT molecular complexity index is 568. The molecule has 102 valence electrons. The van der Waals surface area contributed by atoms with E-state index in [1.54, 1.807) is 40.0 Å². The molecule has 2 aromatic rings. The van der Waals surface area contributed by atoms with Gasteiger partial charge < -0.3 is 19.2 Å². The summed E-state index contributed by atoms with van der Waals surface area (Å²) in [7, 11) is -1.16. The molecule has 1 heterocycles. The first-order valence-corrected chi connectivity index (χ1v) is 6.27. The van der Waals surface area contributed by atoms with Crippen LogP contribution in [-0.2, 0) is 4.65 Å². The first-order chi connectivity index (χ1) is 8.72. The van der Waals surface area contributed by atoms with Crippen LogP contribution in [0.25, 0.3) is 11.0 Å². The molecule has 0 saturated carbocycles. The predicted molar refractivity (Wildman–Crippen MR) is 75.3 cm³/mol. The molecule has 0 bridgehead atoms. The molecule has 1 aromatic carbocycles. The lowest BCUT2D eigenvalue weighted by atomic mass is 9.76. The van der Waals surface area contributed by atoms with E-state index in [2.05, 4.69) is 0 Å². The van der Waals surface area contributed by atoms with Crippen molar-refractivity contribution in [2.45, 2.75) is 38.9 Å². The van der Waals surface area contributed by atoms with Crippen molar-refractivity contribution in [1.29, 1.82) is 0 Å². The van der Waals surface area contributed by atoms with Crippen molar-refractivity contribution in [3.63, 3.8) is 0 Å². The third kappa shape index (κ3) is 2.68. The van der Waals surface area contributed by atoms with Crippen molar-refractivity contribution < 1.29 is 19.2 Å². The van der Waals surface area contributed by atoms with E-state index >= 15 is 0 Å². The summed E-state index contributed by atoms with van der Waals surface area (Å²) in [5, 5.41) is 21.2. The number of hydrogen-bond donors (Lipinski definition) is 2. The maximum Gasteiger partial charge on any atom is 0.495 e. The van der Waals surface area contributed by atoms with Crippen molar-refractivity contribution in [3.05, 3.63) is 30.5 Å². The van der Waals surface area contributed by atoms with Crippen molar-refractivity contribution in [2.24, 2.45) is 0 Å². The fourth-order valence-corrected chi connectivity index (χ4v) is 1.70. The zero-order valence-corrected chi connectivity index (χ0v) is 11.7. The van der Waals surface area contributed by atoms with Crippen LogP contribution in [0.1, 0.15) is 27.7 Å². The van der Waals surface area contributed by atoms with Gasteiger partial charge >= 0.3 is 7.12 Å². The number of rotatable bonds is 4. The number of benzene rings is 1. The SMILES string of the molecule is CC(C)(O)C(C)(C)OB(O)c1cccc2ccoc12. The van der Waals surface area contributed by atoms with E-state index < -0.39 is 18.3 Å². The largest absolute Gasteiger partial charge is 0.495 e. The number of furan rings is 1. The quantitative estimate of drug-likeness (QED) is 0.823. The van der Waals surface area contributed by atoms with Gasteiger partial charge in [0.1, 0.15) is 5.58 Å². The molecular formula is C14H19BO4. The van der Waals surface area contributed by atoms with Gasteiger partial charge in [-0.25, -0.2) is 0 Å². The highest BCUT2D eigenvalue weighted by molar-refractivity contribution is 6.62. The number of para-hydroxylation sites is 1. The molecule has 0 aliphatic heterocycles. The summed E-state index contributed by atoms with van der Waals surface area (Å²) in [6.07, 6.45) is 1.57. The molecule has 1 aromatic heterocycles. The van der Waals surface area contributed by atoms with Crippen LogP contribution in [0.4, 0.5) is 0 Å². The van der Waals surface area contributed by atoms with Gasteiger partial charge in [-0.1, -0.05) is 18.2 Å². The van der Waals surface area contributed by atoms with Crippen LogP contribution >= 0.6 is 0 Å². The Kier molecular flexibility index (Phi) is 3.47. The summed E-state index contributed by atoms with van der Waals surface area (Å²) in [4.78, 5) is 0. The summed E-state index contributed by atoms with van der Waals surface area (Å²) in [6.45, 7) is 6.76. The van der Waals surface area contributed by atoms with Gasteiger partial charge in [0.2, 0.25) is 0 Å². The molecule has 0 amide bonds. The molecular weight excluding hydrogens is 243 g/mol. The lowest BCUT2D eigenvalue weighted by molar-refractivity contribution is -0.0982. The van der Waals surface area contributed by atoms with E-state index in [0.717, 1.165) is 5.39 Å². The minimum atomic E-state index is -1.16. The first-order valence-electron chi connectivity index (χ1n) is 6.27. The Balaban J connectivity index is 2.30. The van der Waals surface area contributed by atoms with Gasteiger partial charge in [-0.3, -0.25) is 0 Å². The highest BCUT2D eigenvalue weighted by Gasteiger charge is 2.40. The Morgan fingerprint density at radius 1 is 1.16 bits per heavy atom. The van der Waals surface area contributed by atoms with Crippen molar-refractivity contribution in [3.8, 4) is 0 Å². The van der Waals surface area contributed by atoms with Gasteiger partial charge in [-0.15, -0.1) is 0 Å². The molecule has 2 N–H and O–H groups in total. The second kappa shape index (κ2) is 4.67. The maximum absolute atomic E-state index is 10.2. The molecule has 19 heavy (non-hydrogen) atoms. The third-order valence-electron chi connectivity index (χ3n) is 3.66. The van der Waals surface area contributed by atoms with Gasteiger partial charge in [0, 0.05) is 10.8 Å². The van der Waals surface area contributed by atoms with Gasteiger partial charge in [0.15, 0.2) is 0 Å². The van der Waals surface area contributed by atoms with Crippen molar-refractivity contribution >= 4 is 23.6 Å². The highest BCUT2D eigenvalue weighted by Crippen LogP contribution is 2.25. The summed E-state index contributed by atoms with van der Waals surface area (Å²) >= 11 is 0. The Labute approximate surface area is 113 Å². The van der Waals surface area contributed by atoms with E-state index in [1.165, 1.54) is 0 Å². The Morgan fingerprint density at radius 2 is 1.84 bits per heavy atom. The van der Waals surface area contributed by atoms with E-state index in [4.69, 9.17) is 9.07 Å². The van der Waals surface area contributed by atoms with Crippen LogP contribution in [0.15, 0.2) is 34.9 Å². The van der Waals surface area contributed by atoms with Crippen LogP contribution in [0.5, 0.6) is 0 Å².